The monoisotopic (exact) mass is 221 g/mol. The lowest BCUT2D eigenvalue weighted by Gasteiger charge is -2.32. The van der Waals surface area contributed by atoms with Crippen LogP contribution in [0.3, 0.4) is 0 Å². The molecular formula is C14H23NO. The summed E-state index contributed by atoms with van der Waals surface area (Å²) in [6.07, 6.45) is 5.89. The molecule has 1 fully saturated rings. The van der Waals surface area contributed by atoms with E-state index in [0.717, 1.165) is 24.1 Å². The zero-order chi connectivity index (χ0) is 11.4. The molecule has 1 unspecified atom stereocenters. The number of furan rings is 1. The van der Waals surface area contributed by atoms with E-state index >= 15 is 0 Å². The van der Waals surface area contributed by atoms with Gasteiger partial charge in [-0.3, -0.25) is 4.90 Å². The predicted octanol–water partition coefficient (Wildman–Crippen LogP) is 3.54. The summed E-state index contributed by atoms with van der Waals surface area (Å²) in [6.45, 7) is 8.12. The van der Waals surface area contributed by atoms with Gasteiger partial charge in [0.1, 0.15) is 5.76 Å². The molecule has 1 aliphatic rings. The van der Waals surface area contributed by atoms with E-state index in [4.69, 9.17) is 4.42 Å². The molecule has 1 aliphatic heterocycles. The second kappa shape index (κ2) is 5.53. The van der Waals surface area contributed by atoms with Crippen molar-refractivity contribution in [1.82, 2.24) is 4.90 Å². The molecule has 0 spiro atoms. The Labute approximate surface area is 98.6 Å². The molecule has 0 aliphatic carbocycles. The fourth-order valence-corrected chi connectivity index (χ4v) is 2.78. The largest absolute Gasteiger partial charge is 0.468 e. The summed E-state index contributed by atoms with van der Waals surface area (Å²) in [5.41, 5.74) is 0. The summed E-state index contributed by atoms with van der Waals surface area (Å²) in [5, 5.41) is 0. The first-order valence-corrected chi connectivity index (χ1v) is 6.49. The molecule has 0 amide bonds. The van der Waals surface area contributed by atoms with E-state index in [1.54, 1.807) is 6.26 Å². The van der Waals surface area contributed by atoms with E-state index in [9.17, 15) is 0 Å². The molecule has 1 atom stereocenters. The summed E-state index contributed by atoms with van der Waals surface area (Å²) < 4.78 is 5.41. The van der Waals surface area contributed by atoms with Gasteiger partial charge in [-0.2, -0.15) is 0 Å². The van der Waals surface area contributed by atoms with Gasteiger partial charge < -0.3 is 4.42 Å². The fraction of sp³-hybridized carbons (Fsp3) is 0.714. The molecule has 2 nitrogen and oxygen atoms in total. The van der Waals surface area contributed by atoms with Gasteiger partial charge in [-0.1, -0.05) is 13.8 Å². The van der Waals surface area contributed by atoms with Crippen LogP contribution in [0.15, 0.2) is 22.8 Å². The number of likely N-dealkylation sites (tertiary alicyclic amines) is 1. The average Bonchev–Trinajstić information content (AvgIpc) is 2.70. The molecule has 0 radical (unpaired) electrons. The molecule has 1 aromatic rings. The lowest BCUT2D eigenvalue weighted by atomic mass is 9.90. The van der Waals surface area contributed by atoms with Gasteiger partial charge in [0.25, 0.3) is 0 Å². The Balaban J connectivity index is 1.82. The molecule has 0 bridgehead atoms. The highest BCUT2D eigenvalue weighted by Gasteiger charge is 2.21. The Hall–Kier alpha value is -0.760. The molecule has 16 heavy (non-hydrogen) atoms. The SMILES string of the molecule is CC(C)CC1CCCN(Cc2ccco2)C1. The Morgan fingerprint density at radius 3 is 3.06 bits per heavy atom. The summed E-state index contributed by atoms with van der Waals surface area (Å²) in [6, 6.07) is 4.05. The lowest BCUT2D eigenvalue weighted by Crippen LogP contribution is -2.35. The topological polar surface area (TPSA) is 16.4 Å². The number of hydrogen-bond acceptors (Lipinski definition) is 2. The first-order valence-electron chi connectivity index (χ1n) is 6.49. The van der Waals surface area contributed by atoms with Crippen LogP contribution >= 0.6 is 0 Å². The van der Waals surface area contributed by atoms with E-state index in [1.807, 2.05) is 6.07 Å². The number of piperidine rings is 1. The molecule has 1 aromatic heterocycles. The minimum atomic E-state index is 0.827. The van der Waals surface area contributed by atoms with E-state index in [2.05, 4.69) is 24.8 Å². The first-order chi connectivity index (χ1) is 7.74. The van der Waals surface area contributed by atoms with Crippen LogP contribution in [0.4, 0.5) is 0 Å². The van der Waals surface area contributed by atoms with Crippen LogP contribution in [0.5, 0.6) is 0 Å². The molecule has 2 rings (SSSR count). The molecule has 0 saturated carbocycles. The van der Waals surface area contributed by atoms with E-state index < -0.39 is 0 Å². The van der Waals surface area contributed by atoms with Gasteiger partial charge in [0.05, 0.1) is 12.8 Å². The second-order valence-corrected chi connectivity index (χ2v) is 5.45. The van der Waals surface area contributed by atoms with E-state index in [1.165, 1.54) is 32.4 Å². The summed E-state index contributed by atoms with van der Waals surface area (Å²) in [5.74, 6) is 2.82. The maximum atomic E-state index is 5.41. The fourth-order valence-electron chi connectivity index (χ4n) is 2.78. The van der Waals surface area contributed by atoms with Crippen molar-refractivity contribution in [3.63, 3.8) is 0 Å². The average molecular weight is 221 g/mol. The third-order valence-corrected chi connectivity index (χ3v) is 3.37. The summed E-state index contributed by atoms with van der Waals surface area (Å²) in [7, 11) is 0. The Morgan fingerprint density at radius 2 is 2.38 bits per heavy atom. The highest BCUT2D eigenvalue weighted by Crippen LogP contribution is 2.24. The van der Waals surface area contributed by atoms with Crippen LogP contribution in [0.25, 0.3) is 0 Å². The molecular weight excluding hydrogens is 198 g/mol. The second-order valence-electron chi connectivity index (χ2n) is 5.45. The summed E-state index contributed by atoms with van der Waals surface area (Å²) in [4.78, 5) is 2.54. The van der Waals surface area contributed by atoms with Crippen molar-refractivity contribution in [1.29, 1.82) is 0 Å². The quantitative estimate of drug-likeness (QED) is 0.773. The van der Waals surface area contributed by atoms with Crippen LogP contribution in [0.2, 0.25) is 0 Å². The number of nitrogens with zero attached hydrogens (tertiary/aromatic N) is 1. The van der Waals surface area contributed by atoms with Crippen LogP contribution in [-0.4, -0.2) is 18.0 Å². The normalized spacial score (nSPS) is 22.8. The van der Waals surface area contributed by atoms with Crippen molar-refractivity contribution in [3.05, 3.63) is 24.2 Å². The molecule has 90 valence electrons. The Bertz CT molecular complexity index is 292. The summed E-state index contributed by atoms with van der Waals surface area (Å²) >= 11 is 0. The highest BCUT2D eigenvalue weighted by molar-refractivity contribution is 4.98. The minimum absolute atomic E-state index is 0.827. The van der Waals surface area contributed by atoms with Gasteiger partial charge in [-0.25, -0.2) is 0 Å². The first kappa shape index (κ1) is 11.7. The number of rotatable bonds is 4. The van der Waals surface area contributed by atoms with E-state index in [-0.39, 0.29) is 0 Å². The maximum Gasteiger partial charge on any atom is 0.117 e. The molecule has 0 aromatic carbocycles. The standard InChI is InChI=1S/C14H23NO/c1-12(2)9-13-5-3-7-15(10-13)11-14-6-4-8-16-14/h4,6,8,12-13H,3,5,7,9-11H2,1-2H3. The van der Waals surface area contributed by atoms with Gasteiger partial charge in [0, 0.05) is 6.54 Å². The zero-order valence-corrected chi connectivity index (χ0v) is 10.5. The molecule has 2 heteroatoms. The number of hydrogen-bond donors (Lipinski definition) is 0. The third kappa shape index (κ3) is 3.38. The van der Waals surface area contributed by atoms with Crippen molar-refractivity contribution < 1.29 is 4.42 Å². The van der Waals surface area contributed by atoms with Gasteiger partial charge in [-0.15, -0.1) is 0 Å². The highest BCUT2D eigenvalue weighted by atomic mass is 16.3. The van der Waals surface area contributed by atoms with Crippen LogP contribution in [0.1, 0.15) is 38.9 Å². The third-order valence-electron chi connectivity index (χ3n) is 3.37. The zero-order valence-electron chi connectivity index (χ0n) is 10.5. The van der Waals surface area contributed by atoms with Crippen molar-refractivity contribution in [2.45, 2.75) is 39.7 Å². The predicted molar refractivity (Wildman–Crippen MR) is 66.2 cm³/mol. The maximum absolute atomic E-state index is 5.41. The minimum Gasteiger partial charge on any atom is -0.468 e. The van der Waals surface area contributed by atoms with Crippen molar-refractivity contribution in [3.8, 4) is 0 Å². The molecule has 1 saturated heterocycles. The van der Waals surface area contributed by atoms with Gasteiger partial charge in [-0.05, 0) is 49.8 Å². The lowest BCUT2D eigenvalue weighted by molar-refractivity contribution is 0.144. The smallest absolute Gasteiger partial charge is 0.117 e. The Kier molecular flexibility index (Phi) is 4.05. The van der Waals surface area contributed by atoms with E-state index in [0.29, 0.717) is 0 Å². The Morgan fingerprint density at radius 1 is 1.50 bits per heavy atom. The van der Waals surface area contributed by atoms with Crippen molar-refractivity contribution in [2.75, 3.05) is 13.1 Å². The van der Waals surface area contributed by atoms with Gasteiger partial charge in [0.15, 0.2) is 0 Å². The van der Waals surface area contributed by atoms with Gasteiger partial charge >= 0.3 is 0 Å². The van der Waals surface area contributed by atoms with Crippen molar-refractivity contribution >= 4 is 0 Å². The van der Waals surface area contributed by atoms with Gasteiger partial charge in [0.2, 0.25) is 0 Å². The molecule has 2 heterocycles. The molecule has 0 N–H and O–H groups in total. The van der Waals surface area contributed by atoms with Crippen LogP contribution < -0.4 is 0 Å². The van der Waals surface area contributed by atoms with Crippen LogP contribution in [-0.2, 0) is 6.54 Å². The van der Waals surface area contributed by atoms with Crippen molar-refractivity contribution in [2.24, 2.45) is 11.8 Å². The van der Waals surface area contributed by atoms with Crippen LogP contribution in [0, 0.1) is 11.8 Å².